The molecule has 0 fully saturated rings. The molecule has 118 valence electrons. The number of ether oxygens (including phenoxy) is 1. The number of benzene rings is 2. The first-order valence-electron chi connectivity index (χ1n) is 7.37. The summed E-state index contributed by atoms with van der Waals surface area (Å²) in [6, 6.07) is 20.0. The van der Waals surface area contributed by atoms with Gasteiger partial charge in [-0.2, -0.15) is 0 Å². The lowest BCUT2D eigenvalue weighted by Gasteiger charge is -2.08. The second-order valence-electron chi connectivity index (χ2n) is 4.93. The summed E-state index contributed by atoms with van der Waals surface area (Å²) in [6.07, 6.45) is 0. The average Bonchev–Trinajstić information content (AvgIpc) is 3.10. The van der Waals surface area contributed by atoms with E-state index in [4.69, 9.17) is 9.15 Å². The van der Waals surface area contributed by atoms with E-state index < -0.39 is 0 Å². The topological polar surface area (TPSA) is 51.5 Å². The number of methoxy groups -OCH3 is 1. The zero-order chi connectivity index (χ0) is 16.8. The van der Waals surface area contributed by atoms with Gasteiger partial charge in [-0.15, -0.1) is 0 Å². The number of anilines is 1. The highest BCUT2D eigenvalue weighted by atomic mass is 16.5. The average molecular weight is 317 g/mol. The largest absolute Gasteiger partial charge is 0.495 e. The molecule has 0 aliphatic heterocycles. The standard InChI is InChI=1S/C20H15NO3/c1-23-18-10-6-5-9-17(18)21-20(22)19-14-13-16(24-19)12-11-15-7-3-2-4-8-15/h2-10,13-14H,1H3,(H,21,22). The molecule has 1 heterocycles. The lowest BCUT2D eigenvalue weighted by molar-refractivity contribution is 0.0996. The van der Waals surface area contributed by atoms with Crippen LogP contribution in [0.25, 0.3) is 0 Å². The van der Waals surface area contributed by atoms with Gasteiger partial charge in [0.15, 0.2) is 11.5 Å². The van der Waals surface area contributed by atoms with Crippen LogP contribution in [0.2, 0.25) is 0 Å². The highest BCUT2D eigenvalue weighted by molar-refractivity contribution is 6.03. The summed E-state index contributed by atoms with van der Waals surface area (Å²) in [7, 11) is 1.55. The number of amides is 1. The van der Waals surface area contributed by atoms with Crippen molar-refractivity contribution in [3.63, 3.8) is 0 Å². The van der Waals surface area contributed by atoms with Crippen molar-refractivity contribution in [2.45, 2.75) is 0 Å². The normalized spacial score (nSPS) is 9.71. The summed E-state index contributed by atoms with van der Waals surface area (Å²) in [5.41, 5.74) is 1.47. The molecule has 0 aliphatic carbocycles. The van der Waals surface area contributed by atoms with Gasteiger partial charge in [0.1, 0.15) is 5.75 Å². The summed E-state index contributed by atoms with van der Waals surface area (Å²) >= 11 is 0. The number of hydrogen-bond acceptors (Lipinski definition) is 3. The van der Waals surface area contributed by atoms with Gasteiger partial charge in [0.25, 0.3) is 5.91 Å². The Balaban J connectivity index is 1.73. The van der Waals surface area contributed by atoms with Crippen molar-refractivity contribution in [1.29, 1.82) is 0 Å². The SMILES string of the molecule is COc1ccccc1NC(=O)c1ccc(C#Cc2ccccc2)o1. The minimum absolute atomic E-state index is 0.193. The Labute approximate surface area is 140 Å². The summed E-state index contributed by atoms with van der Waals surface area (Å²) in [6.45, 7) is 0. The van der Waals surface area contributed by atoms with E-state index in [1.807, 2.05) is 42.5 Å². The van der Waals surface area contributed by atoms with Gasteiger partial charge >= 0.3 is 0 Å². The van der Waals surface area contributed by atoms with Crippen LogP contribution in [0.4, 0.5) is 5.69 Å². The van der Waals surface area contributed by atoms with Crippen molar-refractivity contribution in [2.75, 3.05) is 12.4 Å². The summed E-state index contributed by atoms with van der Waals surface area (Å²) in [5.74, 6) is 6.74. The van der Waals surface area contributed by atoms with Crippen LogP contribution in [0.3, 0.4) is 0 Å². The fourth-order valence-corrected chi connectivity index (χ4v) is 2.11. The molecule has 2 aromatic carbocycles. The van der Waals surface area contributed by atoms with Crippen LogP contribution in [-0.4, -0.2) is 13.0 Å². The lowest BCUT2D eigenvalue weighted by atomic mass is 10.2. The Morgan fingerprint density at radius 1 is 0.958 bits per heavy atom. The number of para-hydroxylation sites is 2. The first-order valence-corrected chi connectivity index (χ1v) is 7.37. The minimum Gasteiger partial charge on any atom is -0.495 e. The van der Waals surface area contributed by atoms with Gasteiger partial charge in [0, 0.05) is 5.56 Å². The van der Waals surface area contributed by atoms with E-state index in [-0.39, 0.29) is 11.7 Å². The van der Waals surface area contributed by atoms with E-state index in [0.29, 0.717) is 17.2 Å². The van der Waals surface area contributed by atoms with E-state index in [0.717, 1.165) is 5.56 Å². The summed E-state index contributed by atoms with van der Waals surface area (Å²) in [4.78, 5) is 12.3. The second kappa shape index (κ2) is 7.21. The highest BCUT2D eigenvalue weighted by Gasteiger charge is 2.12. The van der Waals surface area contributed by atoms with E-state index in [1.165, 1.54) is 0 Å². The molecule has 3 rings (SSSR count). The maximum absolute atomic E-state index is 12.3. The molecule has 1 N–H and O–H groups in total. The molecule has 0 aliphatic rings. The molecule has 3 aromatic rings. The number of furan rings is 1. The molecule has 0 bridgehead atoms. The molecule has 0 radical (unpaired) electrons. The number of carbonyl (C=O) groups is 1. The number of rotatable bonds is 3. The predicted molar refractivity (Wildman–Crippen MR) is 92.1 cm³/mol. The summed E-state index contributed by atoms with van der Waals surface area (Å²) in [5, 5.41) is 2.76. The third-order valence-corrected chi connectivity index (χ3v) is 3.29. The van der Waals surface area contributed by atoms with Crippen LogP contribution >= 0.6 is 0 Å². The Kier molecular flexibility index (Phi) is 4.64. The van der Waals surface area contributed by atoms with E-state index in [9.17, 15) is 4.79 Å². The third kappa shape index (κ3) is 3.65. The molecule has 0 atom stereocenters. The zero-order valence-corrected chi connectivity index (χ0v) is 13.1. The number of nitrogens with one attached hydrogen (secondary N) is 1. The Hall–Kier alpha value is -3.45. The maximum Gasteiger partial charge on any atom is 0.291 e. The second-order valence-corrected chi connectivity index (χ2v) is 4.93. The van der Waals surface area contributed by atoms with Crippen LogP contribution < -0.4 is 10.1 Å². The Morgan fingerprint density at radius 3 is 2.50 bits per heavy atom. The number of hydrogen-bond donors (Lipinski definition) is 1. The Morgan fingerprint density at radius 2 is 1.71 bits per heavy atom. The van der Waals surface area contributed by atoms with Crippen molar-refractivity contribution < 1.29 is 13.9 Å². The molecular weight excluding hydrogens is 302 g/mol. The van der Waals surface area contributed by atoms with Crippen molar-refractivity contribution in [3.8, 4) is 17.6 Å². The monoisotopic (exact) mass is 317 g/mol. The van der Waals surface area contributed by atoms with Gasteiger partial charge in [-0.05, 0) is 42.3 Å². The molecule has 4 heteroatoms. The lowest BCUT2D eigenvalue weighted by Crippen LogP contribution is -2.11. The molecule has 24 heavy (non-hydrogen) atoms. The van der Waals surface area contributed by atoms with Gasteiger partial charge in [-0.1, -0.05) is 36.3 Å². The van der Waals surface area contributed by atoms with Crippen LogP contribution in [-0.2, 0) is 0 Å². The third-order valence-electron chi connectivity index (χ3n) is 3.29. The molecule has 0 saturated heterocycles. The number of carbonyl (C=O) groups excluding carboxylic acids is 1. The van der Waals surface area contributed by atoms with Gasteiger partial charge in [-0.3, -0.25) is 4.79 Å². The van der Waals surface area contributed by atoms with Crippen molar-refractivity contribution in [3.05, 3.63) is 83.8 Å². The highest BCUT2D eigenvalue weighted by Crippen LogP contribution is 2.23. The quantitative estimate of drug-likeness (QED) is 0.744. The van der Waals surface area contributed by atoms with E-state index >= 15 is 0 Å². The molecule has 0 unspecified atom stereocenters. The predicted octanol–water partition coefficient (Wildman–Crippen LogP) is 3.94. The van der Waals surface area contributed by atoms with Gasteiger partial charge in [0.2, 0.25) is 0 Å². The fourth-order valence-electron chi connectivity index (χ4n) is 2.11. The van der Waals surface area contributed by atoms with Crippen LogP contribution in [0.5, 0.6) is 5.75 Å². The van der Waals surface area contributed by atoms with Crippen LogP contribution in [0, 0.1) is 11.8 Å². The van der Waals surface area contributed by atoms with Gasteiger partial charge < -0.3 is 14.5 Å². The van der Waals surface area contributed by atoms with E-state index in [1.54, 1.807) is 31.4 Å². The molecule has 4 nitrogen and oxygen atoms in total. The summed E-state index contributed by atoms with van der Waals surface area (Å²) < 4.78 is 10.7. The minimum atomic E-state index is -0.354. The van der Waals surface area contributed by atoms with Crippen molar-refractivity contribution in [2.24, 2.45) is 0 Å². The Bertz CT molecular complexity index is 901. The maximum atomic E-state index is 12.3. The van der Waals surface area contributed by atoms with Crippen LogP contribution in [0.1, 0.15) is 21.9 Å². The smallest absolute Gasteiger partial charge is 0.291 e. The molecule has 0 saturated carbocycles. The van der Waals surface area contributed by atoms with Gasteiger partial charge in [0.05, 0.1) is 12.8 Å². The zero-order valence-electron chi connectivity index (χ0n) is 13.1. The molecule has 1 aromatic heterocycles. The first-order chi connectivity index (χ1) is 11.8. The van der Waals surface area contributed by atoms with Crippen molar-refractivity contribution in [1.82, 2.24) is 0 Å². The van der Waals surface area contributed by atoms with Gasteiger partial charge in [-0.25, -0.2) is 0 Å². The fraction of sp³-hybridized carbons (Fsp3) is 0.0500. The molecular formula is C20H15NO3. The molecule has 0 spiro atoms. The molecule has 1 amide bonds. The van der Waals surface area contributed by atoms with Crippen LogP contribution in [0.15, 0.2) is 71.1 Å². The van der Waals surface area contributed by atoms with E-state index in [2.05, 4.69) is 17.2 Å². The van der Waals surface area contributed by atoms with Crippen molar-refractivity contribution >= 4 is 11.6 Å². The first kappa shape index (κ1) is 15.4.